The Morgan fingerprint density at radius 2 is 1.71 bits per heavy atom. The fraction of sp³-hybridized carbons (Fsp3) is 0.381. The summed E-state index contributed by atoms with van der Waals surface area (Å²) in [7, 11) is 5.04. The molecule has 6 nitrogen and oxygen atoms in total. The summed E-state index contributed by atoms with van der Waals surface area (Å²) >= 11 is 0. The summed E-state index contributed by atoms with van der Waals surface area (Å²) in [5.41, 5.74) is 1.47. The van der Waals surface area contributed by atoms with E-state index >= 15 is 0 Å². The first kappa shape index (κ1) is 19.8. The zero-order chi connectivity index (χ0) is 20.1. The lowest BCUT2D eigenvalue weighted by Gasteiger charge is -2.37. The molecule has 0 aromatic heterocycles. The number of methoxy groups -OCH3 is 2. The van der Waals surface area contributed by atoms with E-state index < -0.39 is 0 Å². The van der Waals surface area contributed by atoms with Crippen molar-refractivity contribution in [3.8, 4) is 11.5 Å². The Kier molecular flexibility index (Phi) is 6.23. The van der Waals surface area contributed by atoms with Gasteiger partial charge in [0.25, 0.3) is 0 Å². The average molecular weight is 387 g/mol. The molecule has 1 saturated heterocycles. The van der Waals surface area contributed by atoms with Crippen LogP contribution in [0.25, 0.3) is 0 Å². The Bertz CT molecular complexity index is 822. The van der Waals surface area contributed by atoms with Crippen molar-refractivity contribution in [3.05, 3.63) is 48.3 Å². The third-order valence-electron chi connectivity index (χ3n) is 5.01. The highest BCUT2D eigenvalue weighted by Crippen LogP contribution is 2.31. The van der Waals surface area contributed by atoms with Crippen molar-refractivity contribution >= 4 is 17.3 Å². The van der Waals surface area contributed by atoms with Crippen molar-refractivity contribution in [2.24, 2.45) is 0 Å². The van der Waals surface area contributed by atoms with Crippen LogP contribution in [-0.4, -0.2) is 64.8 Å². The number of hydrogen-bond acceptors (Lipinski definition) is 5. The number of nitrogens with zero attached hydrogens (tertiary/aromatic N) is 3. The number of halogens is 1. The van der Waals surface area contributed by atoms with Crippen LogP contribution in [0.1, 0.15) is 0 Å². The van der Waals surface area contributed by atoms with Crippen LogP contribution in [0.2, 0.25) is 0 Å². The van der Waals surface area contributed by atoms with Gasteiger partial charge in [0.1, 0.15) is 5.82 Å². The molecular formula is C21H26FN3O3. The van der Waals surface area contributed by atoms with E-state index in [4.69, 9.17) is 9.47 Å². The van der Waals surface area contributed by atoms with E-state index in [1.807, 2.05) is 46.0 Å². The molecule has 1 fully saturated rings. The maximum Gasteiger partial charge on any atom is 0.242 e. The van der Waals surface area contributed by atoms with Crippen LogP contribution in [0.5, 0.6) is 11.5 Å². The van der Waals surface area contributed by atoms with E-state index in [0.29, 0.717) is 43.4 Å². The minimum absolute atomic E-state index is 0.0467. The Morgan fingerprint density at radius 1 is 1.04 bits per heavy atom. The summed E-state index contributed by atoms with van der Waals surface area (Å²) in [6, 6.07) is 12.3. The number of hydrogen-bond donors (Lipinski definition) is 0. The third-order valence-corrected chi connectivity index (χ3v) is 5.01. The molecule has 1 aliphatic rings. The van der Waals surface area contributed by atoms with Crippen molar-refractivity contribution in [2.75, 3.05) is 63.8 Å². The van der Waals surface area contributed by atoms with E-state index in [-0.39, 0.29) is 18.3 Å². The van der Waals surface area contributed by atoms with E-state index in [1.165, 1.54) is 6.07 Å². The Labute approximate surface area is 165 Å². The van der Waals surface area contributed by atoms with Gasteiger partial charge in [0.05, 0.1) is 26.5 Å². The van der Waals surface area contributed by atoms with Gasteiger partial charge in [-0.25, -0.2) is 4.39 Å². The lowest BCUT2D eigenvalue weighted by molar-refractivity contribution is -0.129. The highest BCUT2D eigenvalue weighted by Gasteiger charge is 2.23. The quantitative estimate of drug-likeness (QED) is 0.763. The summed E-state index contributed by atoms with van der Waals surface area (Å²) in [6.07, 6.45) is 0. The van der Waals surface area contributed by atoms with Gasteiger partial charge >= 0.3 is 0 Å². The summed E-state index contributed by atoms with van der Waals surface area (Å²) in [5, 5.41) is 0. The Morgan fingerprint density at radius 3 is 2.36 bits per heavy atom. The number of likely N-dealkylation sites (N-methyl/N-ethyl adjacent to an activating group) is 1. The SMILES string of the molecule is COc1ccc(N(C)CC(=O)N2CCN(c3ccccc3F)CC2)cc1OC. The first-order valence-electron chi connectivity index (χ1n) is 9.24. The van der Waals surface area contributed by atoms with Crippen molar-refractivity contribution in [1.82, 2.24) is 4.90 Å². The van der Waals surface area contributed by atoms with Crippen molar-refractivity contribution in [2.45, 2.75) is 0 Å². The average Bonchev–Trinajstić information content (AvgIpc) is 2.73. The zero-order valence-electron chi connectivity index (χ0n) is 16.5. The lowest BCUT2D eigenvalue weighted by Crippen LogP contribution is -2.51. The highest BCUT2D eigenvalue weighted by molar-refractivity contribution is 5.82. The predicted molar refractivity (Wildman–Crippen MR) is 108 cm³/mol. The molecule has 1 amide bonds. The molecule has 0 saturated carbocycles. The van der Waals surface area contributed by atoms with Crippen LogP contribution >= 0.6 is 0 Å². The largest absolute Gasteiger partial charge is 0.493 e. The van der Waals surface area contributed by atoms with Gasteiger partial charge < -0.3 is 24.2 Å². The maximum absolute atomic E-state index is 14.0. The number of anilines is 2. The summed E-state index contributed by atoms with van der Waals surface area (Å²) < 4.78 is 24.5. The van der Waals surface area contributed by atoms with E-state index in [0.717, 1.165) is 5.69 Å². The topological polar surface area (TPSA) is 45.2 Å². The van der Waals surface area contributed by atoms with Crippen LogP contribution < -0.4 is 19.3 Å². The van der Waals surface area contributed by atoms with Crippen LogP contribution in [-0.2, 0) is 4.79 Å². The zero-order valence-corrected chi connectivity index (χ0v) is 16.5. The molecule has 0 bridgehead atoms. The smallest absolute Gasteiger partial charge is 0.242 e. The molecule has 2 aromatic carbocycles. The standard InChI is InChI=1S/C21H26FN3O3/c1-23(16-8-9-19(27-2)20(14-16)28-3)15-21(26)25-12-10-24(11-13-25)18-7-5-4-6-17(18)22/h4-9,14H,10-13,15H2,1-3H3. The van der Waals surface area contributed by atoms with Crippen LogP contribution in [0.3, 0.4) is 0 Å². The Hall–Kier alpha value is -2.96. The van der Waals surface area contributed by atoms with Crippen LogP contribution in [0.4, 0.5) is 15.8 Å². The highest BCUT2D eigenvalue weighted by atomic mass is 19.1. The number of benzene rings is 2. The van der Waals surface area contributed by atoms with Gasteiger partial charge in [0.2, 0.25) is 5.91 Å². The van der Waals surface area contributed by atoms with E-state index in [1.54, 1.807) is 26.4 Å². The second-order valence-electron chi connectivity index (χ2n) is 6.71. The molecule has 0 N–H and O–H groups in total. The molecule has 3 rings (SSSR count). The summed E-state index contributed by atoms with van der Waals surface area (Å²) in [6.45, 7) is 2.65. The molecule has 28 heavy (non-hydrogen) atoms. The molecule has 7 heteroatoms. The minimum atomic E-state index is -0.226. The Balaban J connectivity index is 1.58. The maximum atomic E-state index is 14.0. The molecule has 1 heterocycles. The normalized spacial score (nSPS) is 14.0. The van der Waals surface area contributed by atoms with Gasteiger partial charge in [-0.1, -0.05) is 12.1 Å². The van der Waals surface area contributed by atoms with Crippen molar-refractivity contribution < 1.29 is 18.7 Å². The van der Waals surface area contributed by atoms with Gasteiger partial charge in [-0.3, -0.25) is 4.79 Å². The number of amides is 1. The molecular weight excluding hydrogens is 361 g/mol. The van der Waals surface area contributed by atoms with Crippen LogP contribution in [0.15, 0.2) is 42.5 Å². The van der Waals surface area contributed by atoms with Crippen LogP contribution in [0, 0.1) is 5.82 Å². The van der Waals surface area contributed by atoms with E-state index in [2.05, 4.69) is 0 Å². The number of carbonyl (C=O) groups is 1. The number of rotatable bonds is 6. The monoisotopic (exact) mass is 387 g/mol. The molecule has 1 aliphatic heterocycles. The van der Waals surface area contributed by atoms with Gasteiger partial charge in [0, 0.05) is 45.0 Å². The molecule has 2 aromatic rings. The summed E-state index contributed by atoms with van der Waals surface area (Å²) in [5.74, 6) is 1.09. The number of para-hydroxylation sites is 1. The second kappa shape index (κ2) is 8.82. The lowest BCUT2D eigenvalue weighted by atomic mass is 10.2. The predicted octanol–water partition coefficient (Wildman–Crippen LogP) is 2.63. The number of piperazine rings is 1. The molecule has 0 radical (unpaired) electrons. The minimum Gasteiger partial charge on any atom is -0.493 e. The third kappa shape index (κ3) is 4.30. The number of ether oxygens (including phenoxy) is 2. The first-order valence-corrected chi connectivity index (χ1v) is 9.24. The van der Waals surface area contributed by atoms with E-state index in [9.17, 15) is 9.18 Å². The van der Waals surface area contributed by atoms with Crippen molar-refractivity contribution in [3.63, 3.8) is 0 Å². The van der Waals surface area contributed by atoms with Gasteiger partial charge in [-0.2, -0.15) is 0 Å². The fourth-order valence-corrected chi connectivity index (χ4v) is 3.36. The molecule has 0 unspecified atom stereocenters. The van der Waals surface area contributed by atoms with Gasteiger partial charge in [-0.05, 0) is 24.3 Å². The van der Waals surface area contributed by atoms with Crippen molar-refractivity contribution in [1.29, 1.82) is 0 Å². The van der Waals surface area contributed by atoms with Gasteiger partial charge in [-0.15, -0.1) is 0 Å². The molecule has 150 valence electrons. The first-order chi connectivity index (χ1) is 13.5. The van der Waals surface area contributed by atoms with Gasteiger partial charge in [0.15, 0.2) is 11.5 Å². The molecule has 0 aliphatic carbocycles. The summed E-state index contributed by atoms with van der Waals surface area (Å²) in [4.78, 5) is 18.4. The molecule has 0 atom stereocenters. The fourth-order valence-electron chi connectivity index (χ4n) is 3.36. The number of carbonyl (C=O) groups excluding carboxylic acids is 1. The molecule has 0 spiro atoms. The second-order valence-corrected chi connectivity index (χ2v) is 6.71.